The third-order valence-corrected chi connectivity index (χ3v) is 4.47. The Kier molecular flexibility index (Phi) is 4.81. The maximum absolute atomic E-state index is 12.5. The molecule has 2 heterocycles. The number of methoxy groups -OCH3 is 1. The van der Waals surface area contributed by atoms with Crippen molar-refractivity contribution in [3.05, 3.63) is 35.9 Å². The first-order valence-corrected chi connectivity index (χ1v) is 7.83. The summed E-state index contributed by atoms with van der Waals surface area (Å²) in [5, 5.41) is 0. The summed E-state index contributed by atoms with van der Waals surface area (Å²) in [4.78, 5) is 26.0. The van der Waals surface area contributed by atoms with Crippen molar-refractivity contribution in [2.75, 3.05) is 20.3 Å². The van der Waals surface area contributed by atoms with Crippen LogP contribution in [-0.4, -0.2) is 49.4 Å². The van der Waals surface area contributed by atoms with Gasteiger partial charge in [-0.25, -0.2) is 4.79 Å². The quantitative estimate of drug-likeness (QED) is 0.797. The van der Waals surface area contributed by atoms with Gasteiger partial charge in [-0.05, 0) is 18.4 Å². The van der Waals surface area contributed by atoms with E-state index in [-0.39, 0.29) is 36.7 Å². The Morgan fingerprint density at radius 3 is 2.43 bits per heavy atom. The van der Waals surface area contributed by atoms with E-state index in [0.717, 1.165) is 5.56 Å². The molecule has 0 saturated carbocycles. The summed E-state index contributed by atoms with van der Waals surface area (Å²) in [5.74, 6) is -0.378. The molecule has 2 aliphatic heterocycles. The van der Waals surface area contributed by atoms with Gasteiger partial charge in [0, 0.05) is 0 Å². The average Bonchev–Trinajstić information content (AvgIpc) is 2.58. The summed E-state index contributed by atoms with van der Waals surface area (Å²) in [7, 11) is 1.40. The first kappa shape index (κ1) is 15.8. The minimum absolute atomic E-state index is 0.130. The van der Waals surface area contributed by atoms with E-state index in [1.807, 2.05) is 30.3 Å². The maximum atomic E-state index is 12.5. The number of benzene rings is 1. The van der Waals surface area contributed by atoms with Crippen LogP contribution in [-0.2, 0) is 25.6 Å². The summed E-state index contributed by atoms with van der Waals surface area (Å²) < 4.78 is 15.8. The largest absolute Gasteiger partial charge is 0.469 e. The van der Waals surface area contributed by atoms with E-state index in [1.165, 1.54) is 7.11 Å². The van der Waals surface area contributed by atoms with Crippen LogP contribution in [0.15, 0.2) is 30.3 Å². The number of piperidine rings is 1. The third kappa shape index (κ3) is 3.47. The lowest BCUT2D eigenvalue weighted by atomic mass is 9.85. The van der Waals surface area contributed by atoms with E-state index < -0.39 is 0 Å². The first-order chi connectivity index (χ1) is 11.2. The highest BCUT2D eigenvalue weighted by molar-refractivity contribution is 5.74. The van der Waals surface area contributed by atoms with E-state index in [9.17, 15) is 9.59 Å². The standard InChI is InChI=1S/C17H21NO5/c1-21-16(19)13-7-14-10-22-11-15(8-13)18(14)17(20)23-9-12-5-3-2-4-6-12/h2-6,13-15H,7-11H2,1H3. The molecule has 1 amide bonds. The van der Waals surface area contributed by atoms with Crippen LogP contribution in [0.25, 0.3) is 0 Å². The normalized spacial score (nSPS) is 26.5. The number of rotatable bonds is 3. The van der Waals surface area contributed by atoms with E-state index in [0.29, 0.717) is 26.1 Å². The van der Waals surface area contributed by atoms with Crippen molar-refractivity contribution in [3.63, 3.8) is 0 Å². The molecular weight excluding hydrogens is 298 g/mol. The number of carbonyl (C=O) groups excluding carboxylic acids is 2. The van der Waals surface area contributed by atoms with Crippen LogP contribution in [0.4, 0.5) is 4.79 Å². The van der Waals surface area contributed by atoms with Gasteiger partial charge in [-0.3, -0.25) is 9.69 Å². The molecule has 6 heteroatoms. The second kappa shape index (κ2) is 7.00. The molecule has 1 aromatic carbocycles. The second-order valence-electron chi connectivity index (χ2n) is 5.98. The van der Waals surface area contributed by atoms with Gasteiger partial charge in [-0.2, -0.15) is 0 Å². The highest BCUT2D eigenvalue weighted by Gasteiger charge is 2.44. The first-order valence-electron chi connectivity index (χ1n) is 7.83. The number of hydrogen-bond donors (Lipinski definition) is 0. The Balaban J connectivity index is 1.63. The molecule has 0 aromatic heterocycles. The molecule has 6 nitrogen and oxygen atoms in total. The van der Waals surface area contributed by atoms with Crippen molar-refractivity contribution in [2.45, 2.75) is 31.5 Å². The molecule has 3 rings (SSSR count). The molecule has 2 saturated heterocycles. The van der Waals surface area contributed by atoms with Crippen molar-refractivity contribution in [3.8, 4) is 0 Å². The molecule has 0 N–H and O–H groups in total. The van der Waals surface area contributed by atoms with E-state index >= 15 is 0 Å². The molecule has 23 heavy (non-hydrogen) atoms. The van der Waals surface area contributed by atoms with Gasteiger partial charge >= 0.3 is 12.1 Å². The van der Waals surface area contributed by atoms with Gasteiger partial charge in [-0.1, -0.05) is 30.3 Å². The number of carbonyl (C=O) groups is 2. The van der Waals surface area contributed by atoms with Crippen LogP contribution in [0.1, 0.15) is 18.4 Å². The molecule has 0 spiro atoms. The summed E-state index contributed by atoms with van der Waals surface area (Å²) in [6.07, 6.45) is 0.781. The number of amides is 1. The smallest absolute Gasteiger partial charge is 0.410 e. The highest BCUT2D eigenvalue weighted by Crippen LogP contribution is 2.32. The lowest BCUT2D eigenvalue weighted by molar-refractivity contribution is -0.153. The summed E-state index contributed by atoms with van der Waals surface area (Å²) in [6.45, 7) is 1.12. The van der Waals surface area contributed by atoms with Crippen molar-refractivity contribution >= 4 is 12.1 Å². The van der Waals surface area contributed by atoms with Gasteiger partial charge < -0.3 is 14.2 Å². The Morgan fingerprint density at radius 1 is 1.17 bits per heavy atom. The molecule has 2 bridgehead atoms. The Morgan fingerprint density at radius 2 is 1.83 bits per heavy atom. The van der Waals surface area contributed by atoms with Crippen LogP contribution in [0.5, 0.6) is 0 Å². The van der Waals surface area contributed by atoms with Gasteiger partial charge in [0.2, 0.25) is 0 Å². The van der Waals surface area contributed by atoms with Crippen LogP contribution in [0.2, 0.25) is 0 Å². The van der Waals surface area contributed by atoms with Gasteiger partial charge in [0.05, 0.1) is 38.3 Å². The monoisotopic (exact) mass is 319 g/mol. The minimum atomic E-state index is -0.338. The van der Waals surface area contributed by atoms with Crippen LogP contribution < -0.4 is 0 Å². The molecule has 2 atom stereocenters. The molecule has 2 fully saturated rings. The predicted octanol–water partition coefficient (Wildman–Crippen LogP) is 1.98. The zero-order chi connectivity index (χ0) is 16.2. The highest BCUT2D eigenvalue weighted by atomic mass is 16.6. The van der Waals surface area contributed by atoms with Crippen molar-refractivity contribution in [2.24, 2.45) is 5.92 Å². The van der Waals surface area contributed by atoms with Crippen molar-refractivity contribution in [1.82, 2.24) is 4.90 Å². The summed E-state index contributed by atoms with van der Waals surface area (Å²) >= 11 is 0. The number of morpholine rings is 1. The topological polar surface area (TPSA) is 65.1 Å². The summed E-state index contributed by atoms with van der Waals surface area (Å²) in [5.41, 5.74) is 0.951. The maximum Gasteiger partial charge on any atom is 0.410 e. The predicted molar refractivity (Wildman–Crippen MR) is 81.6 cm³/mol. The summed E-state index contributed by atoms with van der Waals surface area (Å²) in [6, 6.07) is 9.32. The van der Waals surface area contributed by atoms with E-state index in [2.05, 4.69) is 0 Å². The molecule has 1 aromatic rings. The van der Waals surface area contributed by atoms with E-state index in [4.69, 9.17) is 14.2 Å². The number of hydrogen-bond acceptors (Lipinski definition) is 5. The fraction of sp³-hybridized carbons (Fsp3) is 0.529. The van der Waals surface area contributed by atoms with Crippen LogP contribution in [0, 0.1) is 5.92 Å². The zero-order valence-electron chi connectivity index (χ0n) is 13.1. The van der Waals surface area contributed by atoms with Gasteiger partial charge in [0.1, 0.15) is 6.61 Å². The molecule has 0 aliphatic carbocycles. The molecular formula is C17H21NO5. The van der Waals surface area contributed by atoms with E-state index in [1.54, 1.807) is 4.90 Å². The van der Waals surface area contributed by atoms with Gasteiger partial charge in [0.25, 0.3) is 0 Å². The number of nitrogens with zero attached hydrogens (tertiary/aromatic N) is 1. The lowest BCUT2D eigenvalue weighted by Crippen LogP contribution is -2.60. The Bertz CT molecular complexity index is 547. The number of ether oxygens (including phenoxy) is 3. The lowest BCUT2D eigenvalue weighted by Gasteiger charge is -2.46. The average molecular weight is 319 g/mol. The Hall–Kier alpha value is -2.08. The van der Waals surface area contributed by atoms with Crippen LogP contribution in [0.3, 0.4) is 0 Å². The van der Waals surface area contributed by atoms with Crippen LogP contribution >= 0.6 is 0 Å². The number of fused-ring (bicyclic) bond motifs is 2. The zero-order valence-corrected chi connectivity index (χ0v) is 13.1. The molecule has 2 aliphatic rings. The molecule has 2 unspecified atom stereocenters. The molecule has 0 radical (unpaired) electrons. The van der Waals surface area contributed by atoms with Gasteiger partial charge in [-0.15, -0.1) is 0 Å². The fourth-order valence-electron chi connectivity index (χ4n) is 3.37. The third-order valence-electron chi connectivity index (χ3n) is 4.47. The molecule has 124 valence electrons. The van der Waals surface area contributed by atoms with Crippen molar-refractivity contribution < 1.29 is 23.8 Å². The Labute approximate surface area is 135 Å². The number of esters is 1. The second-order valence-corrected chi connectivity index (χ2v) is 5.98. The SMILES string of the molecule is COC(=O)C1CC2COCC(C1)N2C(=O)OCc1ccccc1. The van der Waals surface area contributed by atoms with Crippen molar-refractivity contribution in [1.29, 1.82) is 0 Å². The van der Waals surface area contributed by atoms with Gasteiger partial charge in [0.15, 0.2) is 0 Å². The fourth-order valence-corrected chi connectivity index (χ4v) is 3.37. The minimum Gasteiger partial charge on any atom is -0.469 e.